The molecule has 2 N–H and O–H groups in total. The van der Waals surface area contributed by atoms with Crippen LogP contribution in [0.5, 0.6) is 0 Å². The van der Waals surface area contributed by atoms with Gasteiger partial charge < -0.3 is 10.6 Å². The SMILES string of the molecule is CCCNC(=O)CNC(=O)Cn1cnc2sc3c(c2c1=O)CC[C@@H](C)C3. The van der Waals surface area contributed by atoms with Crippen molar-refractivity contribution in [3.05, 3.63) is 27.1 Å². The summed E-state index contributed by atoms with van der Waals surface area (Å²) in [5.74, 6) is 0.0159. The van der Waals surface area contributed by atoms with Crippen molar-refractivity contribution in [1.29, 1.82) is 0 Å². The molecule has 2 heterocycles. The molecule has 0 saturated heterocycles. The van der Waals surface area contributed by atoms with E-state index in [-0.39, 0.29) is 30.5 Å². The first-order valence-corrected chi connectivity index (χ1v) is 9.84. The van der Waals surface area contributed by atoms with Crippen LogP contribution >= 0.6 is 11.3 Å². The summed E-state index contributed by atoms with van der Waals surface area (Å²) < 4.78 is 1.33. The molecular formula is C18H24N4O3S. The molecule has 2 amide bonds. The predicted molar refractivity (Wildman–Crippen MR) is 101 cm³/mol. The average Bonchev–Trinajstić information content (AvgIpc) is 2.98. The van der Waals surface area contributed by atoms with Crippen LogP contribution in [0.15, 0.2) is 11.1 Å². The minimum Gasteiger partial charge on any atom is -0.355 e. The zero-order valence-corrected chi connectivity index (χ0v) is 15.9. The highest BCUT2D eigenvalue weighted by atomic mass is 32.1. The van der Waals surface area contributed by atoms with Crippen molar-refractivity contribution >= 4 is 33.4 Å². The van der Waals surface area contributed by atoms with E-state index in [1.165, 1.54) is 15.8 Å². The number of carbonyl (C=O) groups excluding carboxylic acids is 2. The molecule has 7 nitrogen and oxygen atoms in total. The maximum Gasteiger partial charge on any atom is 0.262 e. The van der Waals surface area contributed by atoms with Gasteiger partial charge >= 0.3 is 0 Å². The summed E-state index contributed by atoms with van der Waals surface area (Å²) >= 11 is 1.59. The van der Waals surface area contributed by atoms with Crippen molar-refractivity contribution in [2.75, 3.05) is 13.1 Å². The molecule has 0 saturated carbocycles. The Morgan fingerprint density at radius 1 is 1.35 bits per heavy atom. The molecule has 1 atom stereocenters. The first-order valence-electron chi connectivity index (χ1n) is 9.02. The topological polar surface area (TPSA) is 93.1 Å². The summed E-state index contributed by atoms with van der Waals surface area (Å²) in [7, 11) is 0. The van der Waals surface area contributed by atoms with Crippen LogP contribution in [0.25, 0.3) is 10.2 Å². The van der Waals surface area contributed by atoms with Crippen molar-refractivity contribution in [3.8, 4) is 0 Å². The van der Waals surface area contributed by atoms with E-state index in [9.17, 15) is 14.4 Å². The van der Waals surface area contributed by atoms with Gasteiger partial charge in [-0.25, -0.2) is 4.98 Å². The number of rotatable bonds is 6. The van der Waals surface area contributed by atoms with E-state index in [0.717, 1.165) is 36.1 Å². The fourth-order valence-electron chi connectivity index (χ4n) is 3.20. The van der Waals surface area contributed by atoms with Crippen LogP contribution in [-0.2, 0) is 29.0 Å². The molecular weight excluding hydrogens is 352 g/mol. The third-order valence-corrected chi connectivity index (χ3v) is 5.78. The number of hydrogen-bond acceptors (Lipinski definition) is 5. The van der Waals surface area contributed by atoms with Crippen LogP contribution in [0, 0.1) is 5.92 Å². The van der Waals surface area contributed by atoms with Crippen LogP contribution in [0.2, 0.25) is 0 Å². The lowest BCUT2D eigenvalue weighted by atomic mass is 9.89. The van der Waals surface area contributed by atoms with Gasteiger partial charge in [0, 0.05) is 11.4 Å². The van der Waals surface area contributed by atoms with Crippen molar-refractivity contribution < 1.29 is 9.59 Å². The number of amides is 2. The Hall–Kier alpha value is -2.22. The van der Waals surface area contributed by atoms with E-state index < -0.39 is 0 Å². The third kappa shape index (κ3) is 3.95. The molecule has 0 radical (unpaired) electrons. The molecule has 0 spiro atoms. The van der Waals surface area contributed by atoms with Crippen LogP contribution in [0.3, 0.4) is 0 Å². The van der Waals surface area contributed by atoms with Gasteiger partial charge in [-0.05, 0) is 37.2 Å². The summed E-state index contributed by atoms with van der Waals surface area (Å²) in [5, 5.41) is 5.89. The lowest BCUT2D eigenvalue weighted by Crippen LogP contribution is -2.39. The summed E-state index contributed by atoms with van der Waals surface area (Å²) in [5.41, 5.74) is 0.932. The van der Waals surface area contributed by atoms with Crippen LogP contribution in [-0.4, -0.2) is 34.5 Å². The van der Waals surface area contributed by atoms with Gasteiger partial charge in [0.05, 0.1) is 18.3 Å². The first kappa shape index (κ1) is 18.6. The number of thiophene rings is 1. The van der Waals surface area contributed by atoms with Gasteiger partial charge in [0.15, 0.2) is 0 Å². The predicted octanol–water partition coefficient (Wildman–Crippen LogP) is 1.23. The number of nitrogens with one attached hydrogen (secondary N) is 2. The normalized spacial score (nSPS) is 16.3. The van der Waals surface area contributed by atoms with E-state index in [1.807, 2.05) is 6.92 Å². The second kappa shape index (κ2) is 7.99. The van der Waals surface area contributed by atoms with E-state index in [1.54, 1.807) is 11.3 Å². The van der Waals surface area contributed by atoms with Gasteiger partial charge in [-0.1, -0.05) is 13.8 Å². The van der Waals surface area contributed by atoms with Crippen molar-refractivity contribution in [1.82, 2.24) is 20.2 Å². The van der Waals surface area contributed by atoms with E-state index in [0.29, 0.717) is 17.8 Å². The molecule has 8 heteroatoms. The molecule has 26 heavy (non-hydrogen) atoms. The zero-order valence-electron chi connectivity index (χ0n) is 15.1. The Morgan fingerprint density at radius 3 is 2.92 bits per heavy atom. The van der Waals surface area contributed by atoms with Gasteiger partial charge in [0.1, 0.15) is 11.4 Å². The minimum atomic E-state index is -0.377. The van der Waals surface area contributed by atoms with Crippen molar-refractivity contribution in [3.63, 3.8) is 0 Å². The summed E-state index contributed by atoms with van der Waals surface area (Å²) in [6, 6.07) is 0. The molecule has 140 valence electrons. The quantitative estimate of drug-likeness (QED) is 0.793. The Kier molecular flexibility index (Phi) is 5.70. The molecule has 2 aromatic rings. The van der Waals surface area contributed by atoms with E-state index >= 15 is 0 Å². The molecule has 1 aliphatic carbocycles. The van der Waals surface area contributed by atoms with E-state index in [4.69, 9.17) is 0 Å². The lowest BCUT2D eigenvalue weighted by molar-refractivity contribution is -0.126. The number of nitrogens with zero attached hydrogens (tertiary/aromatic N) is 2. The standard InChI is InChI=1S/C18H24N4O3S/c1-3-6-19-14(23)8-20-15(24)9-22-10-21-17-16(18(22)25)12-5-4-11(2)7-13(12)26-17/h10-11H,3-9H2,1-2H3,(H,19,23)(H,20,24)/t11-/m1/s1. The number of fused-ring (bicyclic) bond motifs is 3. The zero-order chi connectivity index (χ0) is 18.7. The molecule has 1 aliphatic rings. The molecule has 0 unspecified atom stereocenters. The molecule has 3 rings (SSSR count). The number of carbonyl (C=O) groups is 2. The Labute approximate surface area is 155 Å². The van der Waals surface area contributed by atoms with Gasteiger partial charge in [0.2, 0.25) is 11.8 Å². The highest BCUT2D eigenvalue weighted by Gasteiger charge is 2.23. The molecule has 0 aliphatic heterocycles. The fraction of sp³-hybridized carbons (Fsp3) is 0.556. The lowest BCUT2D eigenvalue weighted by Gasteiger charge is -2.17. The van der Waals surface area contributed by atoms with Crippen molar-refractivity contribution in [2.24, 2.45) is 5.92 Å². The molecule has 0 bridgehead atoms. The smallest absolute Gasteiger partial charge is 0.262 e. The van der Waals surface area contributed by atoms with Crippen LogP contribution in [0.1, 0.15) is 37.1 Å². The first-order chi connectivity index (χ1) is 12.5. The minimum absolute atomic E-state index is 0.0883. The van der Waals surface area contributed by atoms with Gasteiger partial charge in [0.25, 0.3) is 5.56 Å². The molecule has 0 fully saturated rings. The van der Waals surface area contributed by atoms with Crippen LogP contribution < -0.4 is 16.2 Å². The third-order valence-electron chi connectivity index (χ3n) is 4.61. The largest absolute Gasteiger partial charge is 0.355 e. The Bertz CT molecular complexity index is 886. The number of aromatic nitrogens is 2. The maximum absolute atomic E-state index is 12.8. The second-order valence-electron chi connectivity index (χ2n) is 6.84. The molecule has 0 aromatic carbocycles. The number of hydrogen-bond donors (Lipinski definition) is 2. The highest BCUT2D eigenvalue weighted by Crippen LogP contribution is 2.35. The van der Waals surface area contributed by atoms with Gasteiger partial charge in [-0.3, -0.25) is 19.0 Å². The second-order valence-corrected chi connectivity index (χ2v) is 7.92. The fourth-order valence-corrected chi connectivity index (χ4v) is 4.54. The highest BCUT2D eigenvalue weighted by molar-refractivity contribution is 7.18. The Morgan fingerprint density at radius 2 is 2.15 bits per heavy atom. The van der Waals surface area contributed by atoms with Crippen LogP contribution in [0.4, 0.5) is 0 Å². The average molecular weight is 376 g/mol. The summed E-state index contributed by atoms with van der Waals surface area (Å²) in [4.78, 5) is 42.8. The summed E-state index contributed by atoms with van der Waals surface area (Å²) in [6.45, 7) is 4.54. The van der Waals surface area contributed by atoms with Gasteiger partial charge in [-0.15, -0.1) is 11.3 Å². The Balaban J connectivity index is 1.73. The molecule has 2 aromatic heterocycles. The maximum atomic E-state index is 12.8. The van der Waals surface area contributed by atoms with Crippen molar-refractivity contribution in [2.45, 2.75) is 46.1 Å². The summed E-state index contributed by atoms with van der Waals surface area (Å²) in [6.07, 6.45) is 5.21. The number of aryl methyl sites for hydroxylation is 1. The monoisotopic (exact) mass is 376 g/mol. The van der Waals surface area contributed by atoms with E-state index in [2.05, 4.69) is 22.5 Å². The van der Waals surface area contributed by atoms with Gasteiger partial charge in [-0.2, -0.15) is 0 Å².